The molecule has 232 valence electrons. The second kappa shape index (κ2) is 18.2. The quantitative estimate of drug-likeness (QED) is 0.146. The van der Waals surface area contributed by atoms with Gasteiger partial charge < -0.3 is 33.5 Å². The van der Waals surface area contributed by atoms with Crippen molar-refractivity contribution >= 4 is 5.97 Å². The highest BCUT2D eigenvalue weighted by Crippen LogP contribution is 2.32. The SMILES string of the molecule is COCCCC=CCCCO[C@@H]1OC(CO)[C@H](OCc2ccccc2)[C@@H](OCc2ccccc2)C1OC(=O)C(C)(C)C. The number of aliphatic hydroxyl groups excluding tert-OH is 1. The predicted molar refractivity (Wildman–Crippen MR) is 161 cm³/mol. The minimum atomic E-state index is -0.934. The number of rotatable bonds is 17. The van der Waals surface area contributed by atoms with E-state index in [1.54, 1.807) is 27.9 Å². The van der Waals surface area contributed by atoms with E-state index >= 15 is 0 Å². The van der Waals surface area contributed by atoms with Gasteiger partial charge in [0.1, 0.15) is 18.3 Å². The maximum Gasteiger partial charge on any atom is 0.311 e. The van der Waals surface area contributed by atoms with Crippen LogP contribution in [-0.4, -0.2) is 68.7 Å². The van der Waals surface area contributed by atoms with Crippen LogP contribution in [0.25, 0.3) is 0 Å². The van der Waals surface area contributed by atoms with Gasteiger partial charge in [0.15, 0.2) is 12.4 Å². The summed E-state index contributed by atoms with van der Waals surface area (Å²) < 4.78 is 36.4. The van der Waals surface area contributed by atoms with Gasteiger partial charge in [0.2, 0.25) is 0 Å². The summed E-state index contributed by atoms with van der Waals surface area (Å²) in [6.45, 7) is 6.76. The van der Waals surface area contributed by atoms with Crippen LogP contribution in [0.3, 0.4) is 0 Å². The van der Waals surface area contributed by atoms with Gasteiger partial charge in [-0.05, 0) is 57.6 Å². The number of ether oxygens (including phenoxy) is 6. The van der Waals surface area contributed by atoms with E-state index in [4.69, 9.17) is 28.4 Å². The standard InChI is InChI=1S/C34H48O8/c1-34(2,3)33(36)42-31-30(40-25-27-19-13-10-14-20-27)29(39-24-26-17-11-9-12-18-26)28(23-35)41-32(31)38-22-16-8-6-5-7-15-21-37-4/h5-6,9-14,17-20,28-32,35H,7-8,15-16,21-25H2,1-4H3/t28?,29-,30+,31?,32+/m0/s1. The van der Waals surface area contributed by atoms with Crippen molar-refractivity contribution in [1.29, 1.82) is 0 Å². The zero-order valence-electron chi connectivity index (χ0n) is 25.5. The molecular formula is C34H48O8. The van der Waals surface area contributed by atoms with Crippen LogP contribution in [-0.2, 0) is 46.4 Å². The first-order valence-corrected chi connectivity index (χ1v) is 14.9. The van der Waals surface area contributed by atoms with Crippen LogP contribution in [0.2, 0.25) is 0 Å². The molecule has 1 N–H and O–H groups in total. The molecule has 8 nitrogen and oxygen atoms in total. The molecule has 42 heavy (non-hydrogen) atoms. The first kappa shape index (κ1) is 33.9. The van der Waals surface area contributed by atoms with Crippen LogP contribution in [0, 0.1) is 5.41 Å². The van der Waals surface area contributed by atoms with Crippen LogP contribution in [0.1, 0.15) is 57.6 Å². The van der Waals surface area contributed by atoms with E-state index in [1.807, 2.05) is 60.7 Å². The molecule has 8 heteroatoms. The topological polar surface area (TPSA) is 92.7 Å². The minimum Gasteiger partial charge on any atom is -0.454 e. The molecule has 3 rings (SSSR count). The first-order valence-electron chi connectivity index (χ1n) is 14.9. The molecule has 1 heterocycles. The fourth-order valence-electron chi connectivity index (χ4n) is 4.49. The number of aliphatic hydroxyl groups is 1. The van der Waals surface area contributed by atoms with Gasteiger partial charge in [-0.15, -0.1) is 0 Å². The zero-order chi connectivity index (χ0) is 30.2. The zero-order valence-corrected chi connectivity index (χ0v) is 25.5. The van der Waals surface area contributed by atoms with E-state index in [1.165, 1.54) is 0 Å². The maximum atomic E-state index is 13.2. The van der Waals surface area contributed by atoms with Crippen molar-refractivity contribution in [2.24, 2.45) is 5.41 Å². The summed E-state index contributed by atoms with van der Waals surface area (Å²) >= 11 is 0. The molecule has 2 unspecified atom stereocenters. The average molecular weight is 585 g/mol. The highest BCUT2D eigenvalue weighted by Gasteiger charge is 2.50. The number of allylic oxidation sites excluding steroid dienone is 2. The third kappa shape index (κ3) is 11.2. The molecule has 5 atom stereocenters. The fraction of sp³-hybridized carbons (Fsp3) is 0.559. The van der Waals surface area contributed by atoms with Gasteiger partial charge in [0.05, 0.1) is 31.8 Å². The molecular weight excluding hydrogens is 536 g/mol. The van der Waals surface area contributed by atoms with Crippen molar-refractivity contribution < 1.29 is 38.3 Å². The van der Waals surface area contributed by atoms with E-state index in [-0.39, 0.29) is 19.8 Å². The molecule has 2 aromatic carbocycles. The predicted octanol–water partition coefficient (Wildman–Crippen LogP) is 5.61. The van der Waals surface area contributed by atoms with Crippen LogP contribution >= 0.6 is 0 Å². The molecule has 0 amide bonds. The molecule has 0 saturated carbocycles. The summed E-state index contributed by atoms with van der Waals surface area (Å²) in [6.07, 6.45) is 3.77. The van der Waals surface area contributed by atoms with Gasteiger partial charge >= 0.3 is 5.97 Å². The normalized spacial score (nSPS) is 22.8. The number of esters is 1. The molecule has 1 fully saturated rings. The van der Waals surface area contributed by atoms with Crippen molar-refractivity contribution in [3.05, 3.63) is 83.9 Å². The van der Waals surface area contributed by atoms with Gasteiger partial charge in [0, 0.05) is 13.7 Å². The molecule has 0 spiro atoms. The Morgan fingerprint density at radius 1 is 0.810 bits per heavy atom. The summed E-state index contributed by atoms with van der Waals surface area (Å²) in [4.78, 5) is 13.2. The van der Waals surface area contributed by atoms with Crippen molar-refractivity contribution in [2.45, 2.75) is 90.4 Å². The first-order chi connectivity index (χ1) is 20.3. The summed E-state index contributed by atoms with van der Waals surface area (Å²) in [5.74, 6) is -0.402. The van der Waals surface area contributed by atoms with E-state index in [2.05, 4.69) is 12.2 Å². The lowest BCUT2D eigenvalue weighted by Crippen LogP contribution is -2.62. The molecule has 1 aliphatic heterocycles. The third-order valence-corrected chi connectivity index (χ3v) is 6.88. The lowest BCUT2D eigenvalue weighted by molar-refractivity contribution is -0.320. The van der Waals surface area contributed by atoms with Gasteiger partial charge in [-0.25, -0.2) is 0 Å². The largest absolute Gasteiger partial charge is 0.454 e. The third-order valence-electron chi connectivity index (χ3n) is 6.88. The number of hydrogen-bond acceptors (Lipinski definition) is 8. The number of benzene rings is 2. The highest BCUT2D eigenvalue weighted by molar-refractivity contribution is 5.75. The maximum absolute atomic E-state index is 13.2. The van der Waals surface area contributed by atoms with Gasteiger partial charge in [-0.3, -0.25) is 4.79 Å². The lowest BCUT2D eigenvalue weighted by atomic mass is 9.95. The van der Waals surface area contributed by atoms with Gasteiger partial charge in [0.25, 0.3) is 0 Å². The Bertz CT molecular complexity index is 1040. The van der Waals surface area contributed by atoms with Crippen molar-refractivity contribution in [1.82, 2.24) is 0 Å². The van der Waals surface area contributed by atoms with Crippen molar-refractivity contribution in [2.75, 3.05) is 26.9 Å². The summed E-state index contributed by atoms with van der Waals surface area (Å²) in [7, 11) is 1.71. The second-order valence-electron chi connectivity index (χ2n) is 11.5. The highest BCUT2D eigenvalue weighted by atomic mass is 16.7. The summed E-state index contributed by atoms with van der Waals surface area (Å²) in [6, 6.07) is 19.5. The van der Waals surface area contributed by atoms with Crippen molar-refractivity contribution in [3.8, 4) is 0 Å². The Kier molecular flexibility index (Phi) is 14.7. The molecule has 0 aliphatic carbocycles. The van der Waals surface area contributed by atoms with E-state index < -0.39 is 42.1 Å². The Morgan fingerprint density at radius 2 is 1.36 bits per heavy atom. The summed E-state index contributed by atoms with van der Waals surface area (Å²) in [5, 5.41) is 10.4. The Balaban J connectivity index is 1.79. The number of methoxy groups -OCH3 is 1. The fourth-order valence-corrected chi connectivity index (χ4v) is 4.49. The van der Waals surface area contributed by atoms with E-state index in [0.717, 1.165) is 43.4 Å². The van der Waals surface area contributed by atoms with Crippen LogP contribution in [0.15, 0.2) is 72.8 Å². The summed E-state index contributed by atoms with van der Waals surface area (Å²) in [5.41, 5.74) is 1.17. The lowest BCUT2D eigenvalue weighted by Gasteiger charge is -2.45. The molecule has 0 aromatic heterocycles. The average Bonchev–Trinajstić information content (AvgIpc) is 2.99. The molecule has 0 bridgehead atoms. The molecule has 1 aliphatic rings. The van der Waals surface area contributed by atoms with E-state index in [9.17, 15) is 9.90 Å². The molecule has 2 aromatic rings. The van der Waals surface area contributed by atoms with Gasteiger partial charge in [-0.2, -0.15) is 0 Å². The van der Waals surface area contributed by atoms with Gasteiger partial charge in [-0.1, -0.05) is 72.8 Å². The van der Waals surface area contributed by atoms with Crippen LogP contribution in [0.5, 0.6) is 0 Å². The number of carbonyl (C=O) groups excluding carboxylic acids is 1. The number of carbonyl (C=O) groups is 1. The van der Waals surface area contributed by atoms with Crippen LogP contribution < -0.4 is 0 Å². The van der Waals surface area contributed by atoms with Crippen molar-refractivity contribution in [3.63, 3.8) is 0 Å². The second-order valence-corrected chi connectivity index (χ2v) is 11.5. The Hall–Kier alpha value is -2.59. The van der Waals surface area contributed by atoms with E-state index in [0.29, 0.717) is 6.61 Å². The molecule has 1 saturated heterocycles. The van der Waals surface area contributed by atoms with Crippen LogP contribution in [0.4, 0.5) is 0 Å². The Morgan fingerprint density at radius 3 is 1.88 bits per heavy atom. The molecule has 0 radical (unpaired) electrons. The Labute approximate surface area is 250 Å². The smallest absolute Gasteiger partial charge is 0.311 e. The number of unbranched alkanes of at least 4 members (excludes halogenated alkanes) is 2. The monoisotopic (exact) mass is 584 g/mol. The number of hydrogen-bond donors (Lipinski definition) is 1. The minimum absolute atomic E-state index is 0.263.